The maximum absolute atomic E-state index is 12.5. The van der Waals surface area contributed by atoms with Crippen LogP contribution in [-0.4, -0.2) is 21.0 Å². The molecule has 1 fully saturated rings. The molecule has 20 heavy (non-hydrogen) atoms. The molecule has 5 heteroatoms. The quantitative estimate of drug-likeness (QED) is 0.877. The zero-order chi connectivity index (χ0) is 14.6. The summed E-state index contributed by atoms with van der Waals surface area (Å²) in [6.07, 6.45) is 5.23. The topological polar surface area (TPSA) is 58.2 Å². The molecule has 1 aromatic rings. The van der Waals surface area contributed by atoms with Crippen LogP contribution in [0.3, 0.4) is 0 Å². The maximum Gasteiger partial charge on any atom is 0.241 e. The summed E-state index contributed by atoms with van der Waals surface area (Å²) < 4.78 is 28.0. The molecule has 1 aliphatic carbocycles. The normalized spacial score (nSPS) is 18.9. The van der Waals surface area contributed by atoms with Gasteiger partial charge >= 0.3 is 0 Å². The molecule has 1 aliphatic rings. The first-order chi connectivity index (χ1) is 9.45. The van der Waals surface area contributed by atoms with Gasteiger partial charge < -0.3 is 5.32 Å². The Morgan fingerprint density at radius 3 is 2.55 bits per heavy atom. The van der Waals surface area contributed by atoms with Crippen molar-refractivity contribution >= 4 is 10.0 Å². The lowest BCUT2D eigenvalue weighted by Crippen LogP contribution is -2.47. The molecule has 112 valence electrons. The number of sulfonamides is 1. The van der Waals surface area contributed by atoms with Crippen molar-refractivity contribution in [1.29, 1.82) is 0 Å². The van der Waals surface area contributed by atoms with Crippen molar-refractivity contribution in [3.8, 4) is 0 Å². The van der Waals surface area contributed by atoms with Crippen LogP contribution < -0.4 is 10.0 Å². The number of rotatable bonds is 5. The van der Waals surface area contributed by atoms with Crippen LogP contribution in [0.15, 0.2) is 29.2 Å². The van der Waals surface area contributed by atoms with Crippen LogP contribution in [-0.2, 0) is 16.6 Å². The van der Waals surface area contributed by atoms with Crippen LogP contribution in [0.1, 0.15) is 44.6 Å². The molecular formula is C15H24N2O2S. The minimum atomic E-state index is -3.44. The number of nitrogens with one attached hydrogen (secondary N) is 2. The van der Waals surface area contributed by atoms with E-state index in [1.807, 2.05) is 20.0 Å². The summed E-state index contributed by atoms with van der Waals surface area (Å²) >= 11 is 0. The van der Waals surface area contributed by atoms with Gasteiger partial charge in [-0.2, -0.15) is 0 Å². The lowest BCUT2D eigenvalue weighted by molar-refractivity contribution is 0.294. The van der Waals surface area contributed by atoms with E-state index >= 15 is 0 Å². The van der Waals surface area contributed by atoms with Gasteiger partial charge in [-0.15, -0.1) is 0 Å². The SMILES string of the molecule is CNCc1cccc(S(=O)(=O)NC2(C)CCCCC2)c1. The predicted molar refractivity (Wildman–Crippen MR) is 81.0 cm³/mol. The molecule has 2 rings (SSSR count). The van der Waals surface area contributed by atoms with Crippen molar-refractivity contribution in [2.24, 2.45) is 0 Å². The third-order valence-corrected chi connectivity index (χ3v) is 5.56. The number of benzene rings is 1. The fourth-order valence-electron chi connectivity index (χ4n) is 2.84. The van der Waals surface area contributed by atoms with Crippen molar-refractivity contribution in [2.75, 3.05) is 7.05 Å². The Morgan fingerprint density at radius 2 is 1.90 bits per heavy atom. The van der Waals surface area contributed by atoms with Crippen LogP contribution in [0.4, 0.5) is 0 Å². The smallest absolute Gasteiger partial charge is 0.241 e. The van der Waals surface area contributed by atoms with Crippen LogP contribution >= 0.6 is 0 Å². The first-order valence-electron chi connectivity index (χ1n) is 7.23. The lowest BCUT2D eigenvalue weighted by atomic mass is 9.84. The van der Waals surface area contributed by atoms with Gasteiger partial charge in [0.1, 0.15) is 0 Å². The van der Waals surface area contributed by atoms with Gasteiger partial charge in [-0.05, 0) is 44.5 Å². The number of hydrogen-bond donors (Lipinski definition) is 2. The molecule has 1 aromatic carbocycles. The van der Waals surface area contributed by atoms with Crippen molar-refractivity contribution < 1.29 is 8.42 Å². The molecule has 2 N–H and O–H groups in total. The van der Waals surface area contributed by atoms with Crippen LogP contribution in [0.5, 0.6) is 0 Å². The summed E-state index contributed by atoms with van der Waals surface area (Å²) in [5.41, 5.74) is 0.681. The summed E-state index contributed by atoms with van der Waals surface area (Å²) in [4.78, 5) is 0.358. The monoisotopic (exact) mass is 296 g/mol. The summed E-state index contributed by atoms with van der Waals surface area (Å²) in [6, 6.07) is 7.13. The molecule has 0 heterocycles. The van der Waals surface area contributed by atoms with Crippen molar-refractivity contribution in [2.45, 2.75) is 56.0 Å². The first-order valence-corrected chi connectivity index (χ1v) is 8.71. The summed E-state index contributed by atoms with van der Waals surface area (Å²) in [7, 11) is -1.59. The molecule has 0 saturated heterocycles. The van der Waals surface area contributed by atoms with Crippen LogP contribution in [0.25, 0.3) is 0 Å². The molecule has 0 amide bonds. The van der Waals surface area contributed by atoms with E-state index in [1.165, 1.54) is 6.42 Å². The highest BCUT2D eigenvalue weighted by atomic mass is 32.2. The molecule has 0 aromatic heterocycles. The van der Waals surface area contributed by atoms with Gasteiger partial charge in [-0.25, -0.2) is 13.1 Å². The van der Waals surface area contributed by atoms with Gasteiger partial charge in [0.25, 0.3) is 0 Å². The van der Waals surface area contributed by atoms with Gasteiger partial charge in [-0.3, -0.25) is 0 Å². The molecule has 0 unspecified atom stereocenters. The molecule has 1 saturated carbocycles. The predicted octanol–water partition coefficient (Wildman–Crippen LogP) is 2.41. The first kappa shape index (κ1) is 15.5. The fraction of sp³-hybridized carbons (Fsp3) is 0.600. The van der Waals surface area contributed by atoms with E-state index in [1.54, 1.807) is 18.2 Å². The molecule has 4 nitrogen and oxygen atoms in total. The van der Waals surface area contributed by atoms with Gasteiger partial charge in [0, 0.05) is 12.1 Å². The second-order valence-corrected chi connectivity index (χ2v) is 7.59. The fourth-order valence-corrected chi connectivity index (χ4v) is 4.38. The minimum Gasteiger partial charge on any atom is -0.316 e. The Balaban J connectivity index is 2.19. The second kappa shape index (κ2) is 6.24. The highest BCUT2D eigenvalue weighted by molar-refractivity contribution is 7.89. The summed E-state index contributed by atoms with van der Waals surface area (Å²) in [6.45, 7) is 2.68. The number of hydrogen-bond acceptors (Lipinski definition) is 3. The zero-order valence-electron chi connectivity index (χ0n) is 12.3. The van der Waals surface area contributed by atoms with E-state index < -0.39 is 10.0 Å². The van der Waals surface area contributed by atoms with E-state index in [-0.39, 0.29) is 5.54 Å². The van der Waals surface area contributed by atoms with E-state index in [9.17, 15) is 8.42 Å². The largest absolute Gasteiger partial charge is 0.316 e. The van der Waals surface area contributed by atoms with Crippen molar-refractivity contribution in [1.82, 2.24) is 10.0 Å². The molecular weight excluding hydrogens is 272 g/mol. The van der Waals surface area contributed by atoms with Crippen LogP contribution in [0.2, 0.25) is 0 Å². The van der Waals surface area contributed by atoms with Crippen LogP contribution in [0, 0.1) is 0 Å². The lowest BCUT2D eigenvalue weighted by Gasteiger charge is -2.34. The molecule has 0 spiro atoms. The maximum atomic E-state index is 12.5. The Hall–Kier alpha value is -0.910. The Bertz CT molecular complexity index is 549. The van der Waals surface area contributed by atoms with E-state index in [2.05, 4.69) is 10.0 Å². The van der Waals surface area contributed by atoms with Gasteiger partial charge in [0.15, 0.2) is 0 Å². The van der Waals surface area contributed by atoms with Gasteiger partial charge in [-0.1, -0.05) is 31.4 Å². The summed E-state index contributed by atoms with van der Waals surface area (Å²) in [5, 5.41) is 3.04. The van der Waals surface area contributed by atoms with Gasteiger partial charge in [0.2, 0.25) is 10.0 Å². The zero-order valence-corrected chi connectivity index (χ0v) is 13.1. The Morgan fingerprint density at radius 1 is 1.20 bits per heavy atom. The summed E-state index contributed by atoms with van der Waals surface area (Å²) in [5.74, 6) is 0. The molecule has 0 bridgehead atoms. The van der Waals surface area contributed by atoms with E-state index in [0.29, 0.717) is 11.4 Å². The average molecular weight is 296 g/mol. The van der Waals surface area contributed by atoms with Gasteiger partial charge in [0.05, 0.1) is 4.90 Å². The Kier molecular flexibility index (Phi) is 4.83. The van der Waals surface area contributed by atoms with Crippen molar-refractivity contribution in [3.63, 3.8) is 0 Å². The third kappa shape index (κ3) is 3.81. The highest BCUT2D eigenvalue weighted by Crippen LogP contribution is 2.29. The second-order valence-electron chi connectivity index (χ2n) is 5.90. The minimum absolute atomic E-state index is 0.296. The average Bonchev–Trinajstić information content (AvgIpc) is 2.39. The van der Waals surface area contributed by atoms with E-state index in [4.69, 9.17) is 0 Å². The molecule has 0 radical (unpaired) electrons. The highest BCUT2D eigenvalue weighted by Gasteiger charge is 2.31. The molecule has 0 atom stereocenters. The van der Waals surface area contributed by atoms with Crippen molar-refractivity contribution in [3.05, 3.63) is 29.8 Å². The third-order valence-electron chi connectivity index (χ3n) is 3.93. The standard InChI is InChI=1S/C15H24N2O2S/c1-15(9-4-3-5-10-15)17-20(18,19)14-8-6-7-13(11-14)12-16-2/h6-8,11,16-17H,3-5,9-10,12H2,1-2H3. The molecule has 0 aliphatic heterocycles. The van der Waals surface area contributed by atoms with E-state index in [0.717, 1.165) is 31.2 Å². The Labute approximate surface area is 122 Å².